The van der Waals surface area contributed by atoms with Gasteiger partial charge in [-0.2, -0.15) is 4.98 Å². The number of nitrogens with zero attached hydrogens (tertiary/aromatic N) is 5. The summed E-state index contributed by atoms with van der Waals surface area (Å²) >= 11 is 0. The average molecular weight is 521 g/mol. The van der Waals surface area contributed by atoms with E-state index in [0.717, 1.165) is 37.9 Å². The van der Waals surface area contributed by atoms with Crippen LogP contribution in [0.1, 0.15) is 43.9 Å². The number of aliphatic hydroxyl groups is 1. The number of hydrogen-bond acceptors (Lipinski definition) is 7. The van der Waals surface area contributed by atoms with Crippen LogP contribution in [0, 0.1) is 11.6 Å². The number of nitrogens with one attached hydrogen (secondary N) is 1. The Kier molecular flexibility index (Phi) is 6.23. The molecule has 1 atom stereocenters. The van der Waals surface area contributed by atoms with Crippen LogP contribution in [0.15, 0.2) is 42.7 Å². The van der Waals surface area contributed by atoms with Gasteiger partial charge in [0, 0.05) is 37.2 Å². The Labute approximate surface area is 219 Å². The minimum Gasteiger partial charge on any atom is -0.487 e. The van der Waals surface area contributed by atoms with Crippen molar-refractivity contribution in [2.45, 2.75) is 50.7 Å². The van der Waals surface area contributed by atoms with E-state index < -0.39 is 17.2 Å². The Hall–Kier alpha value is -3.63. The van der Waals surface area contributed by atoms with E-state index in [1.807, 2.05) is 13.0 Å². The molecule has 0 amide bonds. The van der Waals surface area contributed by atoms with Gasteiger partial charge in [0.05, 0.1) is 11.1 Å². The van der Waals surface area contributed by atoms with E-state index in [0.29, 0.717) is 35.7 Å². The minimum atomic E-state index is -0.984. The van der Waals surface area contributed by atoms with E-state index in [1.54, 1.807) is 22.8 Å². The van der Waals surface area contributed by atoms with Crippen LogP contribution < -0.4 is 10.1 Å². The van der Waals surface area contributed by atoms with E-state index in [9.17, 15) is 13.9 Å². The molecule has 0 bridgehead atoms. The predicted octanol–water partition coefficient (Wildman–Crippen LogP) is 4.85. The Balaban J connectivity index is 1.26. The van der Waals surface area contributed by atoms with Crippen LogP contribution in [0.5, 0.6) is 5.75 Å². The molecule has 1 aliphatic heterocycles. The molecule has 1 unspecified atom stereocenters. The van der Waals surface area contributed by atoms with Gasteiger partial charge in [-0.05, 0) is 62.9 Å². The fraction of sp³-hybridized carbons (Fsp3) is 0.393. The summed E-state index contributed by atoms with van der Waals surface area (Å²) in [5, 5.41) is 14.2. The van der Waals surface area contributed by atoms with Gasteiger partial charge >= 0.3 is 0 Å². The number of halogens is 2. The summed E-state index contributed by atoms with van der Waals surface area (Å²) in [4.78, 5) is 15.7. The van der Waals surface area contributed by atoms with Gasteiger partial charge in [0.1, 0.15) is 17.5 Å². The maximum absolute atomic E-state index is 14.8. The Morgan fingerprint density at radius 1 is 1.13 bits per heavy atom. The minimum absolute atomic E-state index is 0.00548. The first-order valence-electron chi connectivity index (χ1n) is 13.0. The highest BCUT2D eigenvalue weighted by atomic mass is 19.1. The Bertz CT molecular complexity index is 1500. The van der Waals surface area contributed by atoms with Crippen molar-refractivity contribution in [1.82, 2.24) is 24.4 Å². The van der Waals surface area contributed by atoms with Crippen LogP contribution in [-0.4, -0.2) is 55.8 Å². The van der Waals surface area contributed by atoms with Crippen molar-refractivity contribution >= 4 is 22.7 Å². The predicted molar refractivity (Wildman–Crippen MR) is 140 cm³/mol. The second kappa shape index (κ2) is 9.59. The highest BCUT2D eigenvalue weighted by Crippen LogP contribution is 2.38. The molecule has 6 rings (SSSR count). The molecule has 1 saturated heterocycles. The zero-order chi connectivity index (χ0) is 26.4. The quantitative estimate of drug-likeness (QED) is 0.376. The third-order valence-electron chi connectivity index (χ3n) is 7.69. The van der Waals surface area contributed by atoms with Gasteiger partial charge < -0.3 is 20.1 Å². The topological polar surface area (TPSA) is 88.3 Å². The van der Waals surface area contributed by atoms with E-state index >= 15 is 0 Å². The number of aromatic nitrogens is 4. The van der Waals surface area contributed by atoms with E-state index in [4.69, 9.17) is 9.72 Å². The van der Waals surface area contributed by atoms with Gasteiger partial charge in [-0.3, -0.25) is 4.57 Å². The molecule has 8 nitrogen and oxygen atoms in total. The molecule has 0 radical (unpaired) electrons. The van der Waals surface area contributed by atoms with E-state index in [2.05, 4.69) is 27.2 Å². The molecule has 198 valence electrons. The molecule has 1 fully saturated rings. The van der Waals surface area contributed by atoms with Gasteiger partial charge in [0.15, 0.2) is 23.0 Å². The highest BCUT2D eigenvalue weighted by molar-refractivity contribution is 5.79. The number of hydrogen-bond donors (Lipinski definition) is 2. The zero-order valence-corrected chi connectivity index (χ0v) is 21.4. The van der Waals surface area contributed by atoms with E-state index in [-0.39, 0.29) is 23.2 Å². The lowest BCUT2D eigenvalue weighted by Gasteiger charge is -2.29. The van der Waals surface area contributed by atoms with Gasteiger partial charge in [0.2, 0.25) is 5.95 Å². The lowest BCUT2D eigenvalue weighted by atomic mass is 9.98. The molecule has 3 aromatic heterocycles. The van der Waals surface area contributed by atoms with Gasteiger partial charge in [-0.1, -0.05) is 13.0 Å². The lowest BCUT2D eigenvalue weighted by Crippen LogP contribution is -2.35. The first-order valence-corrected chi connectivity index (χ1v) is 13.0. The normalized spacial score (nSPS) is 20.1. The number of likely N-dealkylation sites (tertiary alicyclic amines) is 1. The average Bonchev–Trinajstić information content (AvgIpc) is 3.43. The lowest BCUT2D eigenvalue weighted by molar-refractivity contribution is 0.0306. The molecule has 4 aromatic rings. The molecule has 38 heavy (non-hydrogen) atoms. The number of rotatable bonds is 6. The second-order valence-electron chi connectivity index (χ2n) is 10.2. The first-order chi connectivity index (χ1) is 18.3. The number of fused-ring (bicyclic) bond motifs is 2. The molecule has 4 heterocycles. The monoisotopic (exact) mass is 520 g/mol. The maximum Gasteiger partial charge on any atom is 0.229 e. The highest BCUT2D eigenvalue weighted by Gasteiger charge is 2.37. The van der Waals surface area contributed by atoms with Crippen molar-refractivity contribution in [3.8, 4) is 11.6 Å². The molecule has 0 saturated carbocycles. The summed E-state index contributed by atoms with van der Waals surface area (Å²) in [7, 11) is 2.07. The van der Waals surface area contributed by atoms with Crippen LogP contribution in [0.2, 0.25) is 0 Å². The van der Waals surface area contributed by atoms with Crippen molar-refractivity contribution in [3.63, 3.8) is 0 Å². The number of piperidine rings is 1. The fourth-order valence-corrected chi connectivity index (χ4v) is 5.31. The molecule has 2 aliphatic rings. The van der Waals surface area contributed by atoms with Crippen molar-refractivity contribution < 1.29 is 18.6 Å². The summed E-state index contributed by atoms with van der Waals surface area (Å²) < 4.78 is 37.1. The van der Waals surface area contributed by atoms with Gasteiger partial charge in [-0.25, -0.2) is 18.7 Å². The van der Waals surface area contributed by atoms with Crippen LogP contribution in [-0.2, 0) is 12.0 Å². The fourth-order valence-electron chi connectivity index (χ4n) is 5.31. The van der Waals surface area contributed by atoms with E-state index in [1.165, 1.54) is 18.5 Å². The van der Waals surface area contributed by atoms with Gasteiger partial charge in [0.25, 0.3) is 0 Å². The van der Waals surface area contributed by atoms with Crippen molar-refractivity contribution in [2.75, 3.05) is 25.5 Å². The standard InChI is InChI=1S/C28H30F2N6O2/c1-3-28(37)11-8-17-4-7-24(33-25(17)28)36-16-22(30)20-15-31-27(34-26(20)36)32-18-5-6-23(21(29)14-18)38-19-9-12-35(2)13-10-19/h4-7,14-16,19,37H,3,8-13H2,1-2H3,(H,31,32,34). The van der Waals surface area contributed by atoms with Crippen molar-refractivity contribution in [2.24, 2.45) is 0 Å². The Morgan fingerprint density at radius 3 is 2.71 bits per heavy atom. The largest absolute Gasteiger partial charge is 0.487 e. The molecular formula is C28H30F2N6O2. The first kappa shape index (κ1) is 24.7. The summed E-state index contributed by atoms with van der Waals surface area (Å²) in [6.07, 6.45) is 6.33. The van der Waals surface area contributed by atoms with Crippen molar-refractivity contribution in [3.05, 3.63) is 65.6 Å². The van der Waals surface area contributed by atoms with Crippen LogP contribution in [0.25, 0.3) is 16.9 Å². The second-order valence-corrected chi connectivity index (χ2v) is 10.2. The molecule has 1 aliphatic carbocycles. The third kappa shape index (κ3) is 4.48. The zero-order valence-electron chi connectivity index (χ0n) is 21.4. The summed E-state index contributed by atoms with van der Waals surface area (Å²) in [6, 6.07) is 8.36. The van der Waals surface area contributed by atoms with Crippen LogP contribution in [0.3, 0.4) is 0 Å². The molecule has 1 aromatic carbocycles. The number of anilines is 2. The number of ether oxygens (including phenoxy) is 1. The third-order valence-corrected chi connectivity index (χ3v) is 7.69. The SMILES string of the molecule is CCC1(O)CCc2ccc(-n3cc(F)c4cnc(Nc5ccc(OC6CCN(C)CC6)c(F)c5)nc43)nc21. The number of benzene rings is 1. The van der Waals surface area contributed by atoms with Gasteiger partial charge in [-0.15, -0.1) is 0 Å². The number of pyridine rings is 1. The summed E-state index contributed by atoms with van der Waals surface area (Å²) in [6.45, 7) is 3.78. The molecular weight excluding hydrogens is 490 g/mol. The smallest absolute Gasteiger partial charge is 0.229 e. The summed E-state index contributed by atoms with van der Waals surface area (Å²) in [5.41, 5.74) is 1.40. The number of aryl methyl sites for hydroxylation is 1. The molecule has 0 spiro atoms. The van der Waals surface area contributed by atoms with Crippen LogP contribution >= 0.6 is 0 Å². The maximum atomic E-state index is 14.8. The molecule has 2 N–H and O–H groups in total. The van der Waals surface area contributed by atoms with Crippen LogP contribution in [0.4, 0.5) is 20.4 Å². The summed E-state index contributed by atoms with van der Waals surface area (Å²) in [5.74, 6) is -0.104. The molecule has 10 heteroatoms. The Morgan fingerprint density at radius 2 is 1.95 bits per heavy atom. The van der Waals surface area contributed by atoms with Crippen molar-refractivity contribution in [1.29, 1.82) is 0 Å².